The quantitative estimate of drug-likeness (QED) is 0.842. The zero-order valence-electron chi connectivity index (χ0n) is 8.54. The molecule has 0 aliphatic heterocycles. The van der Waals surface area contributed by atoms with Gasteiger partial charge < -0.3 is 4.90 Å². The lowest BCUT2D eigenvalue weighted by Crippen LogP contribution is -2.29. The summed E-state index contributed by atoms with van der Waals surface area (Å²) in [5.74, 6) is 0. The van der Waals surface area contributed by atoms with E-state index in [4.69, 9.17) is 5.26 Å². The Kier molecular flexibility index (Phi) is 3.57. The molecule has 0 amide bonds. The van der Waals surface area contributed by atoms with E-state index in [-0.39, 0.29) is 5.41 Å². The van der Waals surface area contributed by atoms with Crippen LogP contribution in [0.5, 0.6) is 0 Å². The first-order chi connectivity index (χ1) is 6.44. The molecule has 2 nitrogen and oxygen atoms in total. The number of thiophene rings is 1. The molecule has 14 heavy (non-hydrogen) atoms. The monoisotopic (exact) mass is 272 g/mol. The Morgan fingerprint density at radius 1 is 1.64 bits per heavy atom. The molecular weight excluding hydrogens is 260 g/mol. The number of hydrogen-bond acceptors (Lipinski definition) is 3. The van der Waals surface area contributed by atoms with Crippen molar-refractivity contribution < 1.29 is 0 Å². The van der Waals surface area contributed by atoms with Crippen LogP contribution in [0.25, 0.3) is 0 Å². The number of halogens is 1. The molecule has 0 N–H and O–H groups in total. The lowest BCUT2D eigenvalue weighted by Gasteiger charge is -2.24. The van der Waals surface area contributed by atoms with E-state index in [0.29, 0.717) is 0 Å². The van der Waals surface area contributed by atoms with Crippen molar-refractivity contribution in [2.45, 2.75) is 13.8 Å². The van der Waals surface area contributed by atoms with Gasteiger partial charge in [0.1, 0.15) is 0 Å². The highest BCUT2D eigenvalue weighted by molar-refractivity contribution is 9.10. The van der Waals surface area contributed by atoms with Crippen molar-refractivity contribution in [3.05, 3.63) is 15.9 Å². The first-order valence-corrected chi connectivity index (χ1v) is 5.98. The summed E-state index contributed by atoms with van der Waals surface area (Å²) in [6, 6.07) is 4.37. The molecule has 0 aliphatic rings. The topological polar surface area (TPSA) is 27.0 Å². The molecule has 0 fully saturated rings. The van der Waals surface area contributed by atoms with Gasteiger partial charge in [-0.3, -0.25) is 0 Å². The number of anilines is 1. The average Bonchev–Trinajstić information content (AvgIpc) is 2.51. The second-order valence-electron chi connectivity index (χ2n) is 3.95. The van der Waals surface area contributed by atoms with E-state index in [2.05, 4.69) is 33.0 Å². The number of nitrogens with zero attached hydrogens (tertiary/aromatic N) is 2. The van der Waals surface area contributed by atoms with Crippen LogP contribution in [0.4, 0.5) is 5.00 Å². The van der Waals surface area contributed by atoms with E-state index in [9.17, 15) is 0 Å². The van der Waals surface area contributed by atoms with Gasteiger partial charge in [-0.25, -0.2) is 0 Å². The molecule has 76 valence electrons. The summed E-state index contributed by atoms with van der Waals surface area (Å²) in [7, 11) is 2.01. The van der Waals surface area contributed by atoms with Crippen molar-refractivity contribution in [3.63, 3.8) is 0 Å². The van der Waals surface area contributed by atoms with Gasteiger partial charge in [0.2, 0.25) is 0 Å². The molecule has 0 unspecified atom stereocenters. The van der Waals surface area contributed by atoms with Crippen molar-refractivity contribution in [2.75, 3.05) is 18.5 Å². The van der Waals surface area contributed by atoms with Gasteiger partial charge in [0.15, 0.2) is 0 Å². The molecule has 0 aliphatic carbocycles. The highest BCUT2D eigenvalue weighted by Crippen LogP contribution is 2.29. The van der Waals surface area contributed by atoms with Crippen LogP contribution in [0.2, 0.25) is 0 Å². The van der Waals surface area contributed by atoms with Crippen molar-refractivity contribution in [2.24, 2.45) is 5.41 Å². The van der Waals surface area contributed by atoms with Crippen LogP contribution in [-0.4, -0.2) is 13.6 Å². The number of nitriles is 1. The van der Waals surface area contributed by atoms with Crippen molar-refractivity contribution in [3.8, 4) is 6.07 Å². The minimum atomic E-state index is -0.300. The summed E-state index contributed by atoms with van der Waals surface area (Å²) in [4.78, 5) is 2.11. The molecule has 1 heterocycles. The number of rotatable bonds is 3. The molecule has 0 saturated carbocycles. The molecule has 1 rings (SSSR count). The molecule has 4 heteroatoms. The van der Waals surface area contributed by atoms with Crippen molar-refractivity contribution in [1.29, 1.82) is 5.26 Å². The van der Waals surface area contributed by atoms with E-state index in [1.54, 1.807) is 11.3 Å². The molecule has 0 atom stereocenters. The van der Waals surface area contributed by atoms with Gasteiger partial charge in [0.25, 0.3) is 0 Å². The molecule has 1 aromatic heterocycles. The predicted molar refractivity (Wildman–Crippen MR) is 64.7 cm³/mol. The third kappa shape index (κ3) is 3.00. The predicted octanol–water partition coefficient (Wildman–Crippen LogP) is 3.50. The smallest absolute Gasteiger partial charge is 0.0918 e. The van der Waals surface area contributed by atoms with E-state index < -0.39 is 0 Å². The maximum Gasteiger partial charge on any atom is 0.0918 e. The molecule has 0 aromatic carbocycles. The van der Waals surface area contributed by atoms with Crippen LogP contribution in [0.3, 0.4) is 0 Å². The second-order valence-corrected chi connectivity index (χ2v) is 5.76. The highest BCUT2D eigenvalue weighted by atomic mass is 79.9. The Morgan fingerprint density at radius 2 is 2.29 bits per heavy atom. The van der Waals surface area contributed by atoms with Crippen LogP contribution in [0.15, 0.2) is 15.9 Å². The lowest BCUT2D eigenvalue weighted by molar-refractivity contribution is 0.498. The normalized spacial score (nSPS) is 11.1. The fourth-order valence-corrected chi connectivity index (χ4v) is 2.60. The van der Waals surface area contributed by atoms with Gasteiger partial charge in [-0.05, 0) is 35.8 Å². The van der Waals surface area contributed by atoms with Crippen LogP contribution in [0, 0.1) is 16.7 Å². The minimum Gasteiger partial charge on any atom is -0.365 e. The maximum atomic E-state index is 8.91. The maximum absolute atomic E-state index is 8.91. The number of hydrogen-bond donors (Lipinski definition) is 0. The first kappa shape index (κ1) is 11.5. The largest absolute Gasteiger partial charge is 0.365 e. The fourth-order valence-electron chi connectivity index (χ4n) is 1.21. The Bertz CT molecular complexity index is 351. The zero-order chi connectivity index (χ0) is 10.8. The van der Waals surface area contributed by atoms with E-state index in [1.165, 1.54) is 5.00 Å². The lowest BCUT2D eigenvalue weighted by atomic mass is 9.95. The summed E-state index contributed by atoms with van der Waals surface area (Å²) in [5.41, 5.74) is -0.300. The average molecular weight is 273 g/mol. The third-order valence-corrected chi connectivity index (χ3v) is 3.67. The van der Waals surface area contributed by atoms with Gasteiger partial charge in [-0.2, -0.15) is 5.26 Å². The van der Waals surface area contributed by atoms with E-state index in [0.717, 1.165) is 11.0 Å². The Labute approximate surface area is 97.3 Å². The van der Waals surface area contributed by atoms with Gasteiger partial charge in [-0.1, -0.05) is 0 Å². The summed E-state index contributed by atoms with van der Waals surface area (Å²) < 4.78 is 1.10. The molecule has 1 aromatic rings. The SMILES string of the molecule is CN(CC(C)(C)C#N)c1cc(Br)cs1. The second kappa shape index (κ2) is 4.33. The Balaban J connectivity index is 2.69. The molecule has 0 radical (unpaired) electrons. The Hall–Kier alpha value is -0.530. The molecule has 0 spiro atoms. The van der Waals surface area contributed by atoms with E-state index in [1.807, 2.05) is 26.3 Å². The van der Waals surface area contributed by atoms with E-state index >= 15 is 0 Å². The van der Waals surface area contributed by atoms with Gasteiger partial charge in [0.05, 0.1) is 16.5 Å². The molecular formula is C10H13BrN2S. The summed E-state index contributed by atoms with van der Waals surface area (Å²) in [6.45, 7) is 4.65. The Morgan fingerprint density at radius 3 is 2.71 bits per heavy atom. The van der Waals surface area contributed by atoms with Crippen LogP contribution >= 0.6 is 27.3 Å². The van der Waals surface area contributed by atoms with Gasteiger partial charge in [-0.15, -0.1) is 11.3 Å². The highest BCUT2D eigenvalue weighted by Gasteiger charge is 2.19. The first-order valence-electron chi connectivity index (χ1n) is 4.31. The van der Waals surface area contributed by atoms with Crippen LogP contribution in [0.1, 0.15) is 13.8 Å². The van der Waals surface area contributed by atoms with Crippen LogP contribution in [-0.2, 0) is 0 Å². The summed E-state index contributed by atoms with van der Waals surface area (Å²) >= 11 is 5.09. The summed E-state index contributed by atoms with van der Waals surface area (Å²) in [5, 5.41) is 12.1. The zero-order valence-corrected chi connectivity index (χ0v) is 10.9. The minimum absolute atomic E-state index is 0.300. The standard InChI is InChI=1S/C10H13BrN2S/c1-10(2,6-12)7-13(3)9-4-8(11)5-14-9/h4-5H,7H2,1-3H3. The fraction of sp³-hybridized carbons (Fsp3) is 0.500. The van der Waals surface area contributed by atoms with Gasteiger partial charge in [0, 0.05) is 23.4 Å². The third-order valence-electron chi connectivity index (χ3n) is 1.86. The summed E-state index contributed by atoms with van der Waals surface area (Å²) in [6.07, 6.45) is 0. The molecule has 0 saturated heterocycles. The van der Waals surface area contributed by atoms with Crippen molar-refractivity contribution >= 4 is 32.3 Å². The van der Waals surface area contributed by atoms with Gasteiger partial charge >= 0.3 is 0 Å². The van der Waals surface area contributed by atoms with Crippen molar-refractivity contribution in [1.82, 2.24) is 0 Å². The van der Waals surface area contributed by atoms with Crippen LogP contribution < -0.4 is 4.90 Å². The molecule has 0 bridgehead atoms.